The lowest BCUT2D eigenvalue weighted by Crippen LogP contribution is -2.42. The molecule has 0 saturated carbocycles. The number of nitrogens with zero attached hydrogens (tertiary/aromatic N) is 5. The third-order valence-electron chi connectivity index (χ3n) is 13.7. The number of pyridine rings is 1. The summed E-state index contributed by atoms with van der Waals surface area (Å²) in [5, 5.41) is 0. The van der Waals surface area contributed by atoms with Crippen molar-refractivity contribution in [2.45, 2.75) is 136 Å². The summed E-state index contributed by atoms with van der Waals surface area (Å²) in [6, 6.07) is 14.3. The summed E-state index contributed by atoms with van der Waals surface area (Å²) < 4.78 is 52.0. The summed E-state index contributed by atoms with van der Waals surface area (Å²) >= 11 is 0. The number of hydrogen-bond donors (Lipinski definition) is 1. The van der Waals surface area contributed by atoms with E-state index in [2.05, 4.69) is 84.0 Å². The first-order valence-corrected chi connectivity index (χ1v) is 24.0. The van der Waals surface area contributed by atoms with Crippen LogP contribution < -0.4 is 5.56 Å². The van der Waals surface area contributed by atoms with Crippen LogP contribution in [0.1, 0.15) is 133 Å². The Balaban J connectivity index is 0.000000159. The quantitative estimate of drug-likeness (QED) is 0.205. The minimum absolute atomic E-state index is 0.0000751. The minimum Gasteiger partial charge on any atom is -0.379 e. The molecule has 5 fully saturated rings. The fourth-order valence-corrected chi connectivity index (χ4v) is 10.5. The van der Waals surface area contributed by atoms with Crippen molar-refractivity contribution in [1.82, 2.24) is 29.5 Å². The minimum atomic E-state index is -0.375. The Labute approximate surface area is 376 Å². The molecule has 0 radical (unpaired) electrons. The molecule has 0 spiro atoms. The summed E-state index contributed by atoms with van der Waals surface area (Å²) in [5.41, 5.74) is 5.19. The van der Waals surface area contributed by atoms with Crippen LogP contribution in [0.2, 0.25) is 0 Å². The van der Waals surface area contributed by atoms with Crippen molar-refractivity contribution in [2.75, 3.05) is 85.3 Å². The number of hydrogen-bond acceptors (Lipinski definition) is 8. The number of rotatable bonds is 11. The number of morpholine rings is 2. The molecular formula is C51H77F3N6O3. The molecule has 1 N–H and O–H groups in total. The fourth-order valence-electron chi connectivity index (χ4n) is 10.5. The molecule has 63 heavy (non-hydrogen) atoms. The van der Waals surface area contributed by atoms with E-state index in [0.29, 0.717) is 29.7 Å². The van der Waals surface area contributed by atoms with Gasteiger partial charge in [-0.15, -0.1) is 0 Å². The molecule has 12 heteroatoms. The third kappa shape index (κ3) is 14.0. The molecule has 1 aromatic heterocycles. The highest BCUT2D eigenvalue weighted by Crippen LogP contribution is 2.38. The molecular weight excluding hydrogens is 802 g/mol. The first-order valence-electron chi connectivity index (χ1n) is 24.0. The molecule has 3 aromatic rings. The number of benzene rings is 2. The van der Waals surface area contributed by atoms with E-state index in [1.165, 1.54) is 30.0 Å². The van der Waals surface area contributed by atoms with E-state index in [1.54, 1.807) is 24.3 Å². The van der Waals surface area contributed by atoms with E-state index in [1.807, 2.05) is 6.07 Å². The highest BCUT2D eigenvalue weighted by molar-refractivity contribution is 5.32. The van der Waals surface area contributed by atoms with Crippen molar-refractivity contribution in [3.05, 3.63) is 104 Å². The monoisotopic (exact) mass is 879 g/mol. The molecule has 9 nitrogen and oxygen atoms in total. The van der Waals surface area contributed by atoms with Gasteiger partial charge >= 0.3 is 0 Å². The zero-order valence-corrected chi connectivity index (χ0v) is 39.4. The predicted molar refractivity (Wildman–Crippen MR) is 248 cm³/mol. The van der Waals surface area contributed by atoms with Gasteiger partial charge < -0.3 is 14.5 Å². The van der Waals surface area contributed by atoms with Crippen molar-refractivity contribution < 1.29 is 22.6 Å². The first-order chi connectivity index (χ1) is 30.2. The summed E-state index contributed by atoms with van der Waals surface area (Å²) in [7, 11) is 0. The van der Waals surface area contributed by atoms with Crippen LogP contribution >= 0.6 is 0 Å². The lowest BCUT2D eigenvalue weighted by molar-refractivity contribution is 0.0383. The molecule has 0 bridgehead atoms. The second-order valence-corrected chi connectivity index (χ2v) is 19.7. The highest BCUT2D eigenvalue weighted by atomic mass is 19.1. The van der Waals surface area contributed by atoms with E-state index >= 15 is 0 Å². The van der Waals surface area contributed by atoms with Crippen molar-refractivity contribution in [2.24, 2.45) is 0 Å². The smallest absolute Gasteiger partial charge is 0.252 e. The molecule has 6 heterocycles. The van der Waals surface area contributed by atoms with E-state index in [0.717, 1.165) is 141 Å². The highest BCUT2D eigenvalue weighted by Gasteiger charge is 2.35. The van der Waals surface area contributed by atoms with E-state index in [4.69, 9.17) is 9.47 Å². The molecule has 350 valence electrons. The maximum atomic E-state index is 14.1. The topological polar surface area (TPSA) is 67.5 Å². The molecule has 0 amide bonds. The van der Waals surface area contributed by atoms with Crippen molar-refractivity contribution in [3.63, 3.8) is 0 Å². The number of aromatic nitrogens is 1. The predicted octanol–water partition coefficient (Wildman–Crippen LogP) is 8.94. The number of ether oxygens (including phenoxy) is 2. The maximum Gasteiger partial charge on any atom is 0.252 e. The average Bonchev–Trinajstić information content (AvgIpc) is 4.07. The summed E-state index contributed by atoms with van der Waals surface area (Å²) in [6.07, 6.45) is 9.71. The Morgan fingerprint density at radius 3 is 1.81 bits per heavy atom. The van der Waals surface area contributed by atoms with Crippen LogP contribution in [0.4, 0.5) is 13.2 Å². The standard InChI is InChI=1S/2C19H29FN2O.C13H19FN2O/c1-15(2)22-8-3-4-19(22)18-14-17(20)6-5-16(18)7-9-21-10-12-23-13-11-21;1-15(2)22-6-3-4-19(22)17-12-16(13-18(20)14-17)5-7-21-8-10-23-11-9-21;1-13(2,3)16-6-4-5-11(16)10-7-9(14)8-15-12(10)17/h5-6,14-15,19H,3-4,7-13H2,1-2H3;12-15,19H,3-11H2,1-2H3;7-8,11H,4-6H2,1-3H3,(H,15,17). The van der Waals surface area contributed by atoms with Crippen molar-refractivity contribution in [1.29, 1.82) is 0 Å². The van der Waals surface area contributed by atoms with Gasteiger partial charge in [0.25, 0.3) is 5.56 Å². The summed E-state index contributed by atoms with van der Waals surface area (Å²) in [6.45, 7) is 27.9. The fraction of sp³-hybridized carbons (Fsp3) is 0.667. The lowest BCUT2D eigenvalue weighted by atomic mass is 9.95. The SMILES string of the molecule is CC(C)(C)N1CCCC1c1cc(F)c[nH]c1=O.CC(C)N1CCCC1c1cc(F)cc(CCN2CCOCC2)c1.CC(C)N1CCCC1c1cc(F)ccc1CCN1CCOCC1. The van der Waals surface area contributed by atoms with Crippen LogP contribution in [0.5, 0.6) is 0 Å². The summed E-state index contributed by atoms with van der Waals surface area (Å²) in [5.74, 6) is -0.568. The second kappa shape index (κ2) is 23.4. The molecule has 2 aromatic carbocycles. The number of likely N-dealkylation sites (tertiary alicyclic amines) is 3. The van der Waals surface area contributed by atoms with Crippen LogP contribution in [-0.4, -0.2) is 132 Å². The lowest BCUT2D eigenvalue weighted by Gasteiger charge is -2.36. The number of aromatic amines is 1. The molecule has 5 aliphatic heterocycles. The Morgan fingerprint density at radius 1 is 0.635 bits per heavy atom. The Morgan fingerprint density at radius 2 is 1.19 bits per heavy atom. The van der Waals surface area contributed by atoms with E-state index in [-0.39, 0.29) is 34.6 Å². The molecule has 5 saturated heterocycles. The van der Waals surface area contributed by atoms with Gasteiger partial charge in [0.2, 0.25) is 0 Å². The van der Waals surface area contributed by atoms with Crippen LogP contribution in [-0.2, 0) is 22.3 Å². The van der Waals surface area contributed by atoms with Crippen LogP contribution in [0.3, 0.4) is 0 Å². The second-order valence-electron chi connectivity index (χ2n) is 19.7. The van der Waals surface area contributed by atoms with Gasteiger partial charge in [0.15, 0.2) is 0 Å². The normalized spacial score (nSPS) is 23.3. The zero-order chi connectivity index (χ0) is 45.1. The number of halogens is 3. The van der Waals surface area contributed by atoms with Crippen LogP contribution in [0, 0.1) is 17.5 Å². The van der Waals surface area contributed by atoms with Gasteiger partial charge in [-0.05, 0) is 172 Å². The Kier molecular flexibility index (Phi) is 18.3. The van der Waals surface area contributed by atoms with Crippen LogP contribution in [0.25, 0.3) is 0 Å². The Hall–Kier alpha value is -3.10. The van der Waals surface area contributed by atoms with E-state index < -0.39 is 0 Å². The largest absolute Gasteiger partial charge is 0.379 e. The zero-order valence-electron chi connectivity index (χ0n) is 39.4. The summed E-state index contributed by atoms with van der Waals surface area (Å²) in [4.78, 5) is 26.4. The molecule has 3 unspecified atom stereocenters. The average molecular weight is 879 g/mol. The van der Waals surface area contributed by atoms with E-state index in [9.17, 15) is 18.0 Å². The number of nitrogens with one attached hydrogen (secondary N) is 1. The molecule has 5 aliphatic rings. The molecule has 3 atom stereocenters. The van der Waals surface area contributed by atoms with Gasteiger partial charge in [0.05, 0.1) is 26.4 Å². The van der Waals surface area contributed by atoms with Gasteiger partial charge in [-0.2, -0.15) is 0 Å². The van der Waals surface area contributed by atoms with Crippen LogP contribution in [0.15, 0.2) is 53.5 Å². The Bertz CT molecular complexity index is 1920. The van der Waals surface area contributed by atoms with Crippen molar-refractivity contribution >= 4 is 0 Å². The molecule has 0 aliphatic carbocycles. The van der Waals surface area contributed by atoms with Gasteiger partial charge in [-0.1, -0.05) is 12.1 Å². The maximum absolute atomic E-state index is 14.1. The number of H-pyrrole nitrogens is 1. The molecule has 8 rings (SSSR count). The van der Waals surface area contributed by atoms with Gasteiger partial charge in [0.1, 0.15) is 17.5 Å². The van der Waals surface area contributed by atoms with Gasteiger partial charge in [-0.3, -0.25) is 29.3 Å². The van der Waals surface area contributed by atoms with Crippen molar-refractivity contribution in [3.8, 4) is 0 Å². The third-order valence-corrected chi connectivity index (χ3v) is 13.7. The first kappa shape index (κ1) is 49.3. The van der Waals surface area contributed by atoms with Gasteiger partial charge in [-0.25, -0.2) is 13.2 Å². The van der Waals surface area contributed by atoms with Gasteiger partial charge in [0, 0.05) is 86.8 Å².